The number of nitrogens with zero attached hydrogens (tertiary/aromatic N) is 3. The zero-order valence-corrected chi connectivity index (χ0v) is 16.6. The van der Waals surface area contributed by atoms with E-state index in [1.54, 1.807) is 13.3 Å². The molecule has 0 saturated carbocycles. The van der Waals surface area contributed by atoms with E-state index in [0.717, 1.165) is 49.9 Å². The van der Waals surface area contributed by atoms with Crippen LogP contribution in [0.4, 0.5) is 5.82 Å². The summed E-state index contributed by atoms with van der Waals surface area (Å²) in [5.74, 6) is 0.511. The van der Waals surface area contributed by atoms with Crippen molar-refractivity contribution in [1.82, 2.24) is 14.3 Å². The second-order valence-electron chi connectivity index (χ2n) is 7.14. The van der Waals surface area contributed by atoms with Crippen LogP contribution in [0.5, 0.6) is 5.75 Å². The van der Waals surface area contributed by atoms with Gasteiger partial charge in [0.1, 0.15) is 11.6 Å². The monoisotopic (exact) mass is 377 g/mol. The predicted octanol–water partition coefficient (Wildman–Crippen LogP) is 3.13. The number of primary amides is 1. The highest BCUT2D eigenvalue weighted by Crippen LogP contribution is 2.40. The SMILES string of the molecule is COc1ccc(C)c(-n2c(N)c(C(N)=O)c3cc(C)c4c(cnn4C)c32)c1C. The highest BCUT2D eigenvalue weighted by molar-refractivity contribution is 6.18. The Hall–Kier alpha value is -3.48. The lowest BCUT2D eigenvalue weighted by Crippen LogP contribution is -2.14. The number of aryl methyl sites for hydroxylation is 3. The highest BCUT2D eigenvalue weighted by Gasteiger charge is 2.25. The van der Waals surface area contributed by atoms with Crippen molar-refractivity contribution in [3.8, 4) is 11.4 Å². The van der Waals surface area contributed by atoms with Gasteiger partial charge in [0.15, 0.2) is 0 Å². The average molecular weight is 377 g/mol. The Morgan fingerprint density at radius 1 is 1.11 bits per heavy atom. The summed E-state index contributed by atoms with van der Waals surface area (Å²) in [6, 6.07) is 5.86. The molecule has 0 spiro atoms. The molecule has 0 aliphatic carbocycles. The van der Waals surface area contributed by atoms with Gasteiger partial charge >= 0.3 is 0 Å². The fourth-order valence-corrected chi connectivity index (χ4v) is 4.25. The number of nitrogens with two attached hydrogens (primary N) is 2. The van der Waals surface area contributed by atoms with E-state index in [4.69, 9.17) is 16.2 Å². The standard InChI is InChI=1S/C21H23N5O2/c1-10-6-7-15(28-5)12(3)17(10)26-19-13(16(20(26)22)21(23)27)8-11(2)18-14(19)9-24-25(18)4/h6-9H,22H2,1-5H3,(H2,23,27). The summed E-state index contributed by atoms with van der Waals surface area (Å²) in [5.41, 5.74) is 18.2. The summed E-state index contributed by atoms with van der Waals surface area (Å²) in [6.45, 7) is 5.97. The number of amides is 1. The van der Waals surface area contributed by atoms with Crippen LogP contribution in [0.15, 0.2) is 24.4 Å². The average Bonchev–Trinajstić information content (AvgIpc) is 3.14. The molecule has 28 heavy (non-hydrogen) atoms. The van der Waals surface area contributed by atoms with E-state index < -0.39 is 5.91 Å². The van der Waals surface area contributed by atoms with Crippen LogP contribution < -0.4 is 16.2 Å². The number of hydrogen-bond donors (Lipinski definition) is 2. The number of ether oxygens (including phenoxy) is 1. The van der Waals surface area contributed by atoms with Crippen molar-refractivity contribution in [3.05, 3.63) is 46.6 Å². The molecule has 1 amide bonds. The Morgan fingerprint density at radius 3 is 2.46 bits per heavy atom. The summed E-state index contributed by atoms with van der Waals surface area (Å²) in [5, 5.41) is 6.07. The first-order valence-electron chi connectivity index (χ1n) is 8.97. The second kappa shape index (κ2) is 6.02. The molecule has 2 aromatic carbocycles. The Morgan fingerprint density at radius 2 is 1.82 bits per heavy atom. The number of rotatable bonds is 3. The lowest BCUT2D eigenvalue weighted by atomic mass is 10.0. The Kier molecular flexibility index (Phi) is 3.85. The minimum atomic E-state index is -0.554. The fourth-order valence-electron chi connectivity index (χ4n) is 4.25. The van der Waals surface area contributed by atoms with Crippen LogP contribution in [0.1, 0.15) is 27.0 Å². The van der Waals surface area contributed by atoms with E-state index in [9.17, 15) is 4.79 Å². The van der Waals surface area contributed by atoms with Crippen LogP contribution in [0.2, 0.25) is 0 Å². The Bertz CT molecular complexity index is 1280. The maximum absolute atomic E-state index is 12.3. The van der Waals surface area contributed by atoms with Crippen molar-refractivity contribution in [1.29, 1.82) is 0 Å². The van der Waals surface area contributed by atoms with Gasteiger partial charge in [-0.3, -0.25) is 14.0 Å². The largest absolute Gasteiger partial charge is 0.496 e. The van der Waals surface area contributed by atoms with Crippen molar-refractivity contribution >= 4 is 33.5 Å². The van der Waals surface area contributed by atoms with Gasteiger partial charge in [-0.1, -0.05) is 6.07 Å². The number of fused-ring (bicyclic) bond motifs is 3. The van der Waals surface area contributed by atoms with Gasteiger partial charge in [0.2, 0.25) is 0 Å². The van der Waals surface area contributed by atoms with Gasteiger partial charge in [0.05, 0.1) is 35.6 Å². The molecule has 4 aromatic rings. The highest BCUT2D eigenvalue weighted by atomic mass is 16.5. The molecule has 0 unspecified atom stereocenters. The third-order valence-electron chi connectivity index (χ3n) is 5.45. The molecule has 144 valence electrons. The molecule has 7 heteroatoms. The lowest BCUT2D eigenvalue weighted by molar-refractivity contribution is 0.100. The van der Waals surface area contributed by atoms with Crippen molar-refractivity contribution < 1.29 is 9.53 Å². The predicted molar refractivity (Wildman–Crippen MR) is 111 cm³/mol. The van der Waals surface area contributed by atoms with Crippen molar-refractivity contribution in [2.75, 3.05) is 12.8 Å². The zero-order chi connectivity index (χ0) is 20.3. The first-order chi connectivity index (χ1) is 13.3. The molecule has 4 N–H and O–H groups in total. The molecule has 0 bridgehead atoms. The van der Waals surface area contributed by atoms with Crippen molar-refractivity contribution in [2.45, 2.75) is 20.8 Å². The van der Waals surface area contributed by atoms with E-state index in [1.165, 1.54) is 0 Å². The molecule has 7 nitrogen and oxygen atoms in total. The van der Waals surface area contributed by atoms with Crippen LogP contribution in [0, 0.1) is 20.8 Å². The number of methoxy groups -OCH3 is 1. The van der Waals surface area contributed by atoms with Gasteiger partial charge in [-0.25, -0.2) is 0 Å². The van der Waals surface area contributed by atoms with E-state index in [0.29, 0.717) is 11.4 Å². The first kappa shape index (κ1) is 17.9. The summed E-state index contributed by atoms with van der Waals surface area (Å²) in [6.07, 6.45) is 1.80. The van der Waals surface area contributed by atoms with Crippen molar-refractivity contribution in [2.24, 2.45) is 12.8 Å². The molecule has 2 aromatic heterocycles. The molecular formula is C21H23N5O2. The number of aromatic nitrogens is 3. The molecule has 2 heterocycles. The minimum Gasteiger partial charge on any atom is -0.496 e. The normalized spacial score (nSPS) is 11.5. The number of anilines is 1. The number of nitrogen functional groups attached to an aromatic ring is 1. The third-order valence-corrected chi connectivity index (χ3v) is 5.45. The topological polar surface area (TPSA) is 101 Å². The van der Waals surface area contributed by atoms with Gasteiger partial charge in [-0.15, -0.1) is 0 Å². The minimum absolute atomic E-state index is 0.317. The molecule has 0 aliphatic heterocycles. The summed E-state index contributed by atoms with van der Waals surface area (Å²) < 4.78 is 9.25. The summed E-state index contributed by atoms with van der Waals surface area (Å²) >= 11 is 0. The molecule has 0 atom stereocenters. The lowest BCUT2D eigenvalue weighted by Gasteiger charge is -2.17. The Balaban J connectivity index is 2.30. The quantitative estimate of drug-likeness (QED) is 0.573. The first-order valence-corrected chi connectivity index (χ1v) is 8.97. The smallest absolute Gasteiger partial charge is 0.253 e. The van der Waals surface area contributed by atoms with Gasteiger partial charge in [-0.05, 0) is 44.0 Å². The molecule has 0 saturated heterocycles. The van der Waals surface area contributed by atoms with Gasteiger partial charge in [0, 0.05) is 23.4 Å². The van der Waals surface area contributed by atoms with Crippen LogP contribution in [-0.4, -0.2) is 27.4 Å². The fraction of sp³-hybridized carbons (Fsp3) is 0.238. The van der Waals surface area contributed by atoms with Crippen molar-refractivity contribution in [3.63, 3.8) is 0 Å². The number of carbonyl (C=O) groups excluding carboxylic acids is 1. The van der Waals surface area contributed by atoms with Crippen LogP contribution in [0.3, 0.4) is 0 Å². The van der Waals surface area contributed by atoms with Gasteiger partial charge in [0.25, 0.3) is 5.91 Å². The number of hydrogen-bond acceptors (Lipinski definition) is 4. The second-order valence-corrected chi connectivity index (χ2v) is 7.14. The van der Waals surface area contributed by atoms with Crippen LogP contribution in [0.25, 0.3) is 27.5 Å². The summed E-state index contributed by atoms with van der Waals surface area (Å²) in [7, 11) is 3.53. The van der Waals surface area contributed by atoms with E-state index >= 15 is 0 Å². The molecule has 0 radical (unpaired) electrons. The van der Waals surface area contributed by atoms with E-state index in [1.807, 2.05) is 55.3 Å². The third kappa shape index (κ3) is 2.22. The summed E-state index contributed by atoms with van der Waals surface area (Å²) in [4.78, 5) is 12.3. The van der Waals surface area contributed by atoms with Gasteiger partial charge in [-0.2, -0.15) is 5.10 Å². The van der Waals surface area contributed by atoms with E-state index in [-0.39, 0.29) is 0 Å². The number of carbonyl (C=O) groups is 1. The molecule has 4 rings (SSSR count). The van der Waals surface area contributed by atoms with Gasteiger partial charge < -0.3 is 16.2 Å². The molecule has 0 fully saturated rings. The maximum Gasteiger partial charge on any atom is 0.253 e. The van der Waals surface area contributed by atoms with Crippen LogP contribution >= 0.6 is 0 Å². The molecule has 0 aliphatic rings. The number of benzene rings is 2. The molecular weight excluding hydrogens is 354 g/mol. The van der Waals surface area contributed by atoms with Crippen LogP contribution in [-0.2, 0) is 7.05 Å². The Labute approximate surface area is 162 Å². The maximum atomic E-state index is 12.3. The van der Waals surface area contributed by atoms with E-state index in [2.05, 4.69) is 5.10 Å². The zero-order valence-electron chi connectivity index (χ0n) is 16.6.